The smallest absolute Gasteiger partial charge is 0.382 e. The van der Waals surface area contributed by atoms with Gasteiger partial charge in [-0.15, -0.1) is 0 Å². The van der Waals surface area contributed by atoms with Crippen LogP contribution in [0.2, 0.25) is 5.02 Å². The van der Waals surface area contributed by atoms with Gasteiger partial charge in [-0.05, 0) is 62.1 Å². The molecule has 0 radical (unpaired) electrons. The van der Waals surface area contributed by atoms with Gasteiger partial charge in [0, 0.05) is 33.7 Å². The SMILES string of the molecule is O=C(N[C@H]1CC[C@@H](Nc2cc(C(F)(F)F)nc3ccccc23)CC1)c1ccc(Cl)cc1. The molecule has 0 bridgehead atoms. The highest BCUT2D eigenvalue weighted by Crippen LogP contribution is 2.34. The van der Waals surface area contributed by atoms with Crippen molar-refractivity contribution in [3.8, 4) is 0 Å². The number of fused-ring (bicyclic) bond motifs is 1. The van der Waals surface area contributed by atoms with E-state index in [9.17, 15) is 18.0 Å². The van der Waals surface area contributed by atoms with Gasteiger partial charge in [0.2, 0.25) is 0 Å². The van der Waals surface area contributed by atoms with Gasteiger partial charge < -0.3 is 10.6 Å². The van der Waals surface area contributed by atoms with Gasteiger partial charge in [0.15, 0.2) is 0 Å². The number of nitrogens with zero attached hydrogens (tertiary/aromatic N) is 1. The average molecular weight is 448 g/mol. The zero-order valence-corrected chi connectivity index (χ0v) is 17.3. The standard InChI is InChI=1S/C23H21ClF3N3O/c24-15-7-5-14(6-8-15)22(31)29-17-11-9-16(10-12-17)28-20-13-21(23(25,26)27)30-19-4-2-1-3-18(19)20/h1-8,13,16-17H,9-12H2,(H,28,30)(H,29,31)/t16-,17+. The number of carbonyl (C=O) groups is 1. The van der Waals surface area contributed by atoms with Crippen molar-refractivity contribution in [2.24, 2.45) is 0 Å². The molecule has 1 saturated carbocycles. The summed E-state index contributed by atoms with van der Waals surface area (Å²) in [6.45, 7) is 0. The summed E-state index contributed by atoms with van der Waals surface area (Å²) in [6, 6.07) is 14.6. The molecule has 3 aromatic rings. The predicted octanol–water partition coefficient (Wildman–Crippen LogP) is 6.06. The molecule has 1 aromatic heterocycles. The number of alkyl halides is 3. The molecule has 162 valence electrons. The van der Waals surface area contributed by atoms with E-state index in [0.717, 1.165) is 31.7 Å². The van der Waals surface area contributed by atoms with Crippen LogP contribution in [0.25, 0.3) is 10.9 Å². The highest BCUT2D eigenvalue weighted by atomic mass is 35.5. The molecule has 31 heavy (non-hydrogen) atoms. The van der Waals surface area contributed by atoms with Crippen LogP contribution >= 0.6 is 11.6 Å². The Labute approximate surface area is 182 Å². The largest absolute Gasteiger partial charge is 0.433 e. The number of carbonyl (C=O) groups excluding carboxylic acids is 1. The van der Waals surface area contributed by atoms with Crippen LogP contribution in [-0.2, 0) is 6.18 Å². The summed E-state index contributed by atoms with van der Waals surface area (Å²) < 4.78 is 39.8. The lowest BCUT2D eigenvalue weighted by molar-refractivity contribution is -0.140. The molecule has 0 unspecified atom stereocenters. The minimum Gasteiger partial charge on any atom is -0.382 e. The first kappa shape index (κ1) is 21.4. The molecule has 8 heteroatoms. The zero-order chi connectivity index (χ0) is 22.0. The Morgan fingerprint density at radius 3 is 2.29 bits per heavy atom. The normalized spacial score (nSPS) is 19.2. The van der Waals surface area contributed by atoms with E-state index in [1.165, 1.54) is 0 Å². The van der Waals surface area contributed by atoms with Crippen molar-refractivity contribution in [3.05, 3.63) is 70.9 Å². The van der Waals surface area contributed by atoms with Crippen LogP contribution in [0.5, 0.6) is 0 Å². The van der Waals surface area contributed by atoms with Crippen LogP contribution < -0.4 is 10.6 Å². The molecule has 0 saturated heterocycles. The summed E-state index contributed by atoms with van der Waals surface area (Å²) in [7, 11) is 0. The van der Waals surface area contributed by atoms with Gasteiger partial charge in [0.1, 0.15) is 5.69 Å². The topological polar surface area (TPSA) is 54.0 Å². The third kappa shape index (κ3) is 5.10. The number of nitrogens with one attached hydrogen (secondary N) is 2. The summed E-state index contributed by atoms with van der Waals surface area (Å²) in [5.41, 5.74) is 0.389. The fourth-order valence-corrected chi connectivity index (χ4v) is 4.04. The Morgan fingerprint density at radius 2 is 1.61 bits per heavy atom. The Balaban J connectivity index is 1.41. The molecular weight excluding hydrogens is 427 g/mol. The van der Waals surface area contributed by atoms with E-state index >= 15 is 0 Å². The lowest BCUT2D eigenvalue weighted by atomic mass is 9.90. The third-order valence-corrected chi connectivity index (χ3v) is 5.79. The van der Waals surface area contributed by atoms with Crippen molar-refractivity contribution >= 4 is 34.1 Å². The molecular formula is C23H21ClF3N3O. The number of hydrogen-bond acceptors (Lipinski definition) is 3. The number of halogens is 4. The Bertz CT molecular complexity index is 1080. The fraction of sp³-hybridized carbons (Fsp3) is 0.304. The number of rotatable bonds is 4. The van der Waals surface area contributed by atoms with Gasteiger partial charge in [0.05, 0.1) is 5.52 Å². The van der Waals surface area contributed by atoms with E-state index < -0.39 is 11.9 Å². The highest BCUT2D eigenvalue weighted by Gasteiger charge is 2.33. The van der Waals surface area contributed by atoms with Crippen molar-refractivity contribution in [3.63, 3.8) is 0 Å². The first-order valence-electron chi connectivity index (χ1n) is 10.1. The monoisotopic (exact) mass is 447 g/mol. The lowest BCUT2D eigenvalue weighted by Gasteiger charge is -2.30. The number of amides is 1. The van der Waals surface area contributed by atoms with E-state index in [1.807, 2.05) is 0 Å². The first-order chi connectivity index (χ1) is 14.8. The predicted molar refractivity (Wildman–Crippen MR) is 115 cm³/mol. The van der Waals surface area contributed by atoms with E-state index in [4.69, 9.17) is 11.6 Å². The van der Waals surface area contributed by atoms with Crippen molar-refractivity contribution in [1.29, 1.82) is 0 Å². The summed E-state index contributed by atoms with van der Waals surface area (Å²) in [5.74, 6) is -0.150. The molecule has 1 fully saturated rings. The molecule has 1 amide bonds. The minimum atomic E-state index is -4.51. The van der Waals surface area contributed by atoms with E-state index in [0.29, 0.717) is 27.2 Å². The maximum Gasteiger partial charge on any atom is 0.433 e. The summed E-state index contributed by atoms with van der Waals surface area (Å²) >= 11 is 5.86. The maximum absolute atomic E-state index is 13.3. The first-order valence-corrected chi connectivity index (χ1v) is 10.5. The van der Waals surface area contributed by atoms with Gasteiger partial charge in [-0.2, -0.15) is 13.2 Å². The van der Waals surface area contributed by atoms with Gasteiger partial charge in [-0.3, -0.25) is 4.79 Å². The Hall–Kier alpha value is -2.80. The van der Waals surface area contributed by atoms with Crippen LogP contribution in [0.4, 0.5) is 18.9 Å². The van der Waals surface area contributed by atoms with Gasteiger partial charge >= 0.3 is 6.18 Å². The molecule has 1 aliphatic rings. The lowest BCUT2D eigenvalue weighted by Crippen LogP contribution is -2.40. The third-order valence-electron chi connectivity index (χ3n) is 5.54. The summed E-state index contributed by atoms with van der Waals surface area (Å²) in [5, 5.41) is 7.54. The summed E-state index contributed by atoms with van der Waals surface area (Å²) in [4.78, 5) is 16.1. The molecule has 0 spiro atoms. The van der Waals surface area contributed by atoms with Crippen molar-refractivity contribution in [1.82, 2.24) is 10.3 Å². The van der Waals surface area contributed by atoms with Crippen LogP contribution in [0.1, 0.15) is 41.7 Å². The van der Waals surface area contributed by atoms with Gasteiger partial charge in [-0.1, -0.05) is 29.8 Å². The van der Waals surface area contributed by atoms with Crippen molar-refractivity contribution in [2.75, 3.05) is 5.32 Å². The van der Waals surface area contributed by atoms with E-state index in [2.05, 4.69) is 15.6 Å². The minimum absolute atomic E-state index is 0.0237. The quantitative estimate of drug-likeness (QED) is 0.511. The molecule has 4 nitrogen and oxygen atoms in total. The molecule has 0 atom stereocenters. The number of pyridine rings is 1. The second-order valence-corrected chi connectivity index (χ2v) is 8.18. The Kier molecular flexibility index (Phi) is 6.05. The number of anilines is 1. The number of benzene rings is 2. The van der Waals surface area contributed by atoms with Crippen LogP contribution in [-0.4, -0.2) is 23.0 Å². The molecule has 4 rings (SSSR count). The molecule has 1 aliphatic carbocycles. The number of aromatic nitrogens is 1. The van der Waals surface area contributed by atoms with Crippen LogP contribution in [0, 0.1) is 0 Å². The second kappa shape index (κ2) is 8.75. The van der Waals surface area contributed by atoms with Gasteiger partial charge in [0.25, 0.3) is 5.91 Å². The van der Waals surface area contributed by atoms with Crippen LogP contribution in [0.15, 0.2) is 54.6 Å². The second-order valence-electron chi connectivity index (χ2n) is 7.74. The number of para-hydroxylation sites is 1. The molecule has 2 N–H and O–H groups in total. The van der Waals surface area contributed by atoms with Crippen LogP contribution in [0.3, 0.4) is 0 Å². The maximum atomic E-state index is 13.3. The van der Waals surface area contributed by atoms with E-state index in [-0.39, 0.29) is 18.0 Å². The molecule has 1 heterocycles. The summed E-state index contributed by atoms with van der Waals surface area (Å²) in [6.07, 6.45) is -1.55. The number of hydrogen-bond donors (Lipinski definition) is 2. The van der Waals surface area contributed by atoms with Gasteiger partial charge in [-0.25, -0.2) is 4.98 Å². The van der Waals surface area contributed by atoms with Crippen molar-refractivity contribution in [2.45, 2.75) is 43.9 Å². The average Bonchev–Trinajstić information content (AvgIpc) is 2.75. The van der Waals surface area contributed by atoms with E-state index in [1.54, 1.807) is 48.5 Å². The van der Waals surface area contributed by atoms with Crippen molar-refractivity contribution < 1.29 is 18.0 Å². The Morgan fingerprint density at radius 1 is 0.968 bits per heavy atom. The molecule has 0 aliphatic heterocycles. The highest BCUT2D eigenvalue weighted by molar-refractivity contribution is 6.30. The zero-order valence-electron chi connectivity index (χ0n) is 16.5. The fourth-order valence-electron chi connectivity index (χ4n) is 3.91. The molecule has 2 aromatic carbocycles.